The molecule has 22 heavy (non-hydrogen) atoms. The summed E-state index contributed by atoms with van der Waals surface area (Å²) in [6.45, 7) is 2.20. The van der Waals surface area contributed by atoms with Gasteiger partial charge in [0.15, 0.2) is 0 Å². The van der Waals surface area contributed by atoms with E-state index in [2.05, 4.69) is 14.7 Å². The fourth-order valence-electron chi connectivity index (χ4n) is 1.85. The molecule has 2 rings (SSSR count). The summed E-state index contributed by atoms with van der Waals surface area (Å²) in [5, 5.41) is 3.31. The molecule has 0 saturated carbocycles. The Hall–Kier alpha value is -2.38. The van der Waals surface area contributed by atoms with E-state index in [1.165, 1.54) is 0 Å². The third kappa shape index (κ3) is 3.63. The molecule has 0 spiro atoms. The van der Waals surface area contributed by atoms with E-state index in [0.717, 1.165) is 5.56 Å². The predicted molar refractivity (Wildman–Crippen MR) is 71.5 cm³/mol. The number of nitrogens with zero attached hydrogens (tertiary/aromatic N) is 3. The minimum Gasteiger partial charge on any atom is -0.341 e. The maximum Gasteiger partial charge on any atom is 0.471 e. The number of hydrogen-bond acceptors (Lipinski definition) is 4. The molecule has 0 aliphatic heterocycles. The van der Waals surface area contributed by atoms with Crippen molar-refractivity contribution in [2.45, 2.75) is 26.1 Å². The normalized spacial score (nSPS) is 11.5. The van der Waals surface area contributed by atoms with Crippen LogP contribution in [0.3, 0.4) is 0 Å². The average Bonchev–Trinajstić information content (AvgIpc) is 2.97. The van der Waals surface area contributed by atoms with Crippen LogP contribution in [0.5, 0.6) is 0 Å². The monoisotopic (exact) mass is 313 g/mol. The number of benzene rings is 1. The Balaban J connectivity index is 2.12. The number of hydrogen-bond donors (Lipinski definition) is 0. The first kappa shape index (κ1) is 16.0. The van der Waals surface area contributed by atoms with E-state index in [1.807, 2.05) is 0 Å². The fourth-order valence-corrected chi connectivity index (χ4v) is 1.85. The first-order valence-corrected chi connectivity index (χ1v) is 6.55. The lowest BCUT2D eigenvalue weighted by Crippen LogP contribution is -2.25. The van der Waals surface area contributed by atoms with Crippen LogP contribution in [0, 0.1) is 0 Å². The first-order valence-electron chi connectivity index (χ1n) is 6.55. The number of rotatable bonds is 4. The Labute approximate surface area is 124 Å². The fraction of sp³-hybridized carbons (Fsp3) is 0.357. The Bertz CT molecular complexity index is 650. The van der Waals surface area contributed by atoms with Crippen LogP contribution >= 0.6 is 0 Å². The Morgan fingerprint density at radius 3 is 2.41 bits per heavy atom. The van der Waals surface area contributed by atoms with E-state index in [4.69, 9.17) is 0 Å². The molecule has 0 saturated heterocycles. The molecule has 2 aromatic rings. The predicted octanol–water partition coefficient (Wildman–Crippen LogP) is 3.12. The third-order valence-corrected chi connectivity index (χ3v) is 3.03. The van der Waals surface area contributed by atoms with E-state index in [-0.39, 0.29) is 11.7 Å². The minimum atomic E-state index is -4.66. The molecule has 8 heteroatoms. The zero-order valence-corrected chi connectivity index (χ0v) is 12.0. The van der Waals surface area contributed by atoms with E-state index >= 15 is 0 Å². The zero-order chi connectivity index (χ0) is 16.3. The number of carbonyl (C=O) groups is 1. The van der Waals surface area contributed by atoms with Crippen molar-refractivity contribution < 1.29 is 22.5 Å². The van der Waals surface area contributed by atoms with Crippen molar-refractivity contribution in [2.75, 3.05) is 7.05 Å². The minimum absolute atomic E-state index is 0.0112. The number of carbonyl (C=O) groups excluding carboxylic acids is 1. The summed E-state index contributed by atoms with van der Waals surface area (Å²) in [7, 11) is 1.69. The van der Waals surface area contributed by atoms with Gasteiger partial charge in [-0.05, 0) is 5.56 Å². The third-order valence-electron chi connectivity index (χ3n) is 3.03. The van der Waals surface area contributed by atoms with Gasteiger partial charge < -0.3 is 9.42 Å². The highest BCUT2D eigenvalue weighted by atomic mass is 19.4. The molecule has 0 unspecified atom stereocenters. The topological polar surface area (TPSA) is 59.2 Å². The molecule has 0 atom stereocenters. The lowest BCUT2D eigenvalue weighted by atomic mass is 10.1. The van der Waals surface area contributed by atoms with Gasteiger partial charge in [-0.15, -0.1) is 0 Å². The number of alkyl halides is 3. The molecule has 0 N–H and O–H groups in total. The number of halogens is 3. The van der Waals surface area contributed by atoms with Crippen LogP contribution in [-0.4, -0.2) is 28.0 Å². The van der Waals surface area contributed by atoms with Crippen LogP contribution in [0.4, 0.5) is 13.2 Å². The largest absolute Gasteiger partial charge is 0.471 e. The summed E-state index contributed by atoms with van der Waals surface area (Å²) in [5.74, 6) is -1.49. The van der Waals surface area contributed by atoms with Crippen LogP contribution in [0.2, 0.25) is 0 Å². The van der Waals surface area contributed by atoms with Crippen molar-refractivity contribution in [3.8, 4) is 11.4 Å². The van der Waals surface area contributed by atoms with Gasteiger partial charge in [0.1, 0.15) is 0 Å². The summed E-state index contributed by atoms with van der Waals surface area (Å²) in [6.07, 6.45) is -4.24. The quantitative estimate of drug-likeness (QED) is 0.870. The molecule has 1 heterocycles. The summed E-state index contributed by atoms with van der Waals surface area (Å²) in [5.41, 5.74) is 1.26. The van der Waals surface area contributed by atoms with Crippen LogP contribution in [0.15, 0.2) is 28.8 Å². The summed E-state index contributed by atoms with van der Waals surface area (Å²) >= 11 is 0. The molecule has 0 aliphatic rings. The van der Waals surface area contributed by atoms with Gasteiger partial charge in [0.25, 0.3) is 0 Å². The Kier molecular flexibility index (Phi) is 4.48. The first-order chi connectivity index (χ1) is 10.3. The van der Waals surface area contributed by atoms with Gasteiger partial charge in [-0.25, -0.2) is 0 Å². The molecule has 0 bridgehead atoms. The average molecular weight is 313 g/mol. The second kappa shape index (κ2) is 6.17. The van der Waals surface area contributed by atoms with E-state index in [9.17, 15) is 18.0 Å². The van der Waals surface area contributed by atoms with Gasteiger partial charge in [-0.3, -0.25) is 4.79 Å². The number of amides is 1. The highest BCUT2D eigenvalue weighted by Crippen LogP contribution is 2.29. The van der Waals surface area contributed by atoms with E-state index in [0.29, 0.717) is 18.5 Å². The van der Waals surface area contributed by atoms with Gasteiger partial charge in [-0.1, -0.05) is 36.3 Å². The molecule has 1 aromatic heterocycles. The lowest BCUT2D eigenvalue weighted by Gasteiger charge is -2.16. The van der Waals surface area contributed by atoms with Crippen LogP contribution in [-0.2, 0) is 17.5 Å². The molecule has 5 nitrogen and oxygen atoms in total. The van der Waals surface area contributed by atoms with Gasteiger partial charge >= 0.3 is 12.1 Å². The molecule has 1 aromatic carbocycles. The summed E-state index contributed by atoms with van der Waals surface area (Å²) < 4.78 is 41.4. The second-order valence-electron chi connectivity index (χ2n) is 4.72. The van der Waals surface area contributed by atoms with Crippen molar-refractivity contribution in [1.82, 2.24) is 15.0 Å². The maximum atomic E-state index is 12.4. The number of aromatic nitrogens is 2. The lowest BCUT2D eigenvalue weighted by molar-refractivity contribution is -0.159. The van der Waals surface area contributed by atoms with Gasteiger partial charge in [0.2, 0.25) is 11.7 Å². The molecule has 118 valence electrons. The molecular formula is C14H14F3N3O2. The summed E-state index contributed by atoms with van der Waals surface area (Å²) in [4.78, 5) is 16.4. The van der Waals surface area contributed by atoms with Gasteiger partial charge in [0, 0.05) is 25.6 Å². The van der Waals surface area contributed by atoms with Gasteiger partial charge in [-0.2, -0.15) is 18.2 Å². The molecule has 1 amide bonds. The Morgan fingerprint density at radius 2 is 1.91 bits per heavy atom. The standard InChI is InChI=1S/C14H14F3N3O2/c1-3-11(21)20(2)8-9-4-6-10(7-5-9)12-18-13(22-19-12)14(15,16)17/h4-7H,3,8H2,1-2H3. The molecule has 0 radical (unpaired) electrons. The van der Waals surface area contributed by atoms with Crippen molar-refractivity contribution in [3.05, 3.63) is 35.7 Å². The molecule has 0 fully saturated rings. The summed E-state index contributed by atoms with van der Waals surface area (Å²) in [6, 6.07) is 6.59. The van der Waals surface area contributed by atoms with Crippen molar-refractivity contribution >= 4 is 5.91 Å². The SMILES string of the molecule is CCC(=O)N(C)Cc1ccc(-c2noc(C(F)(F)F)n2)cc1. The second-order valence-corrected chi connectivity index (χ2v) is 4.72. The van der Waals surface area contributed by atoms with E-state index in [1.54, 1.807) is 43.1 Å². The van der Waals surface area contributed by atoms with Crippen molar-refractivity contribution in [2.24, 2.45) is 0 Å². The maximum absolute atomic E-state index is 12.4. The highest BCUT2D eigenvalue weighted by Gasteiger charge is 2.38. The van der Waals surface area contributed by atoms with Crippen molar-refractivity contribution in [3.63, 3.8) is 0 Å². The smallest absolute Gasteiger partial charge is 0.341 e. The highest BCUT2D eigenvalue weighted by molar-refractivity contribution is 5.75. The Morgan fingerprint density at radius 1 is 1.27 bits per heavy atom. The zero-order valence-electron chi connectivity index (χ0n) is 12.0. The van der Waals surface area contributed by atoms with Gasteiger partial charge in [0.05, 0.1) is 0 Å². The van der Waals surface area contributed by atoms with Crippen LogP contribution in [0.25, 0.3) is 11.4 Å². The van der Waals surface area contributed by atoms with E-state index < -0.39 is 12.1 Å². The van der Waals surface area contributed by atoms with Crippen LogP contribution in [0.1, 0.15) is 24.8 Å². The molecular weight excluding hydrogens is 299 g/mol. The van der Waals surface area contributed by atoms with Crippen LogP contribution < -0.4 is 0 Å². The van der Waals surface area contributed by atoms with Crippen molar-refractivity contribution in [1.29, 1.82) is 0 Å². The molecule has 0 aliphatic carbocycles.